The van der Waals surface area contributed by atoms with Crippen LogP contribution in [0.25, 0.3) is 0 Å². The molecule has 0 aliphatic rings. The number of benzene rings is 2. The summed E-state index contributed by atoms with van der Waals surface area (Å²) in [6.45, 7) is 12.2. The van der Waals surface area contributed by atoms with Crippen LogP contribution < -0.4 is 4.74 Å². The molecule has 4 heteroatoms. The van der Waals surface area contributed by atoms with E-state index < -0.39 is 0 Å². The quantitative estimate of drug-likeness (QED) is 0.501. The van der Waals surface area contributed by atoms with Gasteiger partial charge < -0.3 is 9.64 Å². The lowest BCUT2D eigenvalue weighted by molar-refractivity contribution is 0.0975. The molecule has 0 saturated heterocycles. The van der Waals surface area contributed by atoms with Crippen LogP contribution in [0.15, 0.2) is 48.5 Å². The molecule has 2 rings (SSSR count). The maximum Gasteiger partial charge on any atom is 0.163 e. The predicted molar refractivity (Wildman–Crippen MR) is 116 cm³/mol. The van der Waals surface area contributed by atoms with Crippen molar-refractivity contribution in [3.63, 3.8) is 0 Å². The molecule has 27 heavy (non-hydrogen) atoms. The molecule has 0 saturated carbocycles. The molecule has 0 fully saturated rings. The van der Waals surface area contributed by atoms with E-state index in [9.17, 15) is 4.79 Å². The zero-order valence-electron chi connectivity index (χ0n) is 16.9. The Bertz CT molecular complexity index is 699. The number of ether oxygens (including phenoxy) is 1. The van der Waals surface area contributed by atoms with Gasteiger partial charge in [0.1, 0.15) is 12.4 Å². The maximum atomic E-state index is 12.4. The number of carbonyl (C=O) groups is 1. The average molecular weight is 390 g/mol. The van der Waals surface area contributed by atoms with Crippen molar-refractivity contribution >= 4 is 18.2 Å². The molecular weight excluding hydrogens is 358 g/mol. The first-order valence-corrected chi connectivity index (χ1v) is 9.59. The molecule has 0 N–H and O–H groups in total. The summed E-state index contributed by atoms with van der Waals surface area (Å²) in [4.78, 5) is 14.8. The van der Waals surface area contributed by atoms with Crippen LogP contribution >= 0.6 is 12.4 Å². The third-order valence-electron chi connectivity index (χ3n) is 4.91. The molecule has 2 aromatic rings. The summed E-state index contributed by atoms with van der Waals surface area (Å²) in [5, 5.41) is 0. The number of Topliss-reactive ketones (excluding diaryl/α,β-unsaturated/α-hetero) is 1. The first kappa shape index (κ1) is 23.2. The summed E-state index contributed by atoms with van der Waals surface area (Å²) in [5.74, 6) is 1.31. The molecule has 0 aromatic heterocycles. The molecule has 0 heterocycles. The molecule has 0 spiro atoms. The Hall–Kier alpha value is -1.84. The lowest BCUT2D eigenvalue weighted by Crippen LogP contribution is -2.28. The van der Waals surface area contributed by atoms with Crippen LogP contribution in [0, 0.1) is 6.92 Å². The highest BCUT2D eigenvalue weighted by Gasteiger charge is 2.14. The second-order valence-electron chi connectivity index (χ2n) is 6.79. The van der Waals surface area contributed by atoms with Gasteiger partial charge in [0, 0.05) is 18.5 Å². The minimum Gasteiger partial charge on any atom is -0.492 e. The van der Waals surface area contributed by atoms with Gasteiger partial charge in [-0.25, -0.2) is 0 Å². The fourth-order valence-electron chi connectivity index (χ4n) is 3.10. The summed E-state index contributed by atoms with van der Waals surface area (Å²) in [6, 6.07) is 15.8. The summed E-state index contributed by atoms with van der Waals surface area (Å²) in [6.07, 6.45) is 0.519. The van der Waals surface area contributed by atoms with E-state index in [1.165, 1.54) is 5.56 Å². The number of nitrogens with zero attached hydrogens (tertiary/aromatic N) is 1. The first-order chi connectivity index (χ1) is 12.5. The van der Waals surface area contributed by atoms with Crippen LogP contribution in [0.3, 0.4) is 0 Å². The van der Waals surface area contributed by atoms with Crippen molar-refractivity contribution < 1.29 is 9.53 Å². The number of halogens is 1. The number of hydrogen-bond donors (Lipinski definition) is 0. The average Bonchev–Trinajstić information content (AvgIpc) is 2.67. The number of carbonyl (C=O) groups excluding carboxylic acids is 1. The monoisotopic (exact) mass is 389 g/mol. The fourth-order valence-corrected chi connectivity index (χ4v) is 3.10. The van der Waals surface area contributed by atoms with E-state index in [0.29, 0.717) is 13.0 Å². The van der Waals surface area contributed by atoms with Crippen molar-refractivity contribution in [1.82, 2.24) is 4.90 Å². The molecule has 1 unspecified atom stereocenters. The molecule has 0 radical (unpaired) electrons. The van der Waals surface area contributed by atoms with E-state index in [1.54, 1.807) is 0 Å². The number of aryl methyl sites for hydroxylation is 1. The van der Waals surface area contributed by atoms with Crippen molar-refractivity contribution in [3.05, 3.63) is 65.2 Å². The Morgan fingerprint density at radius 2 is 1.74 bits per heavy atom. The molecule has 1 atom stereocenters. The van der Waals surface area contributed by atoms with Crippen LogP contribution in [-0.2, 0) is 0 Å². The lowest BCUT2D eigenvalue weighted by Gasteiger charge is -2.19. The van der Waals surface area contributed by atoms with Gasteiger partial charge in [0.25, 0.3) is 0 Å². The van der Waals surface area contributed by atoms with Crippen molar-refractivity contribution in [2.45, 2.75) is 40.0 Å². The van der Waals surface area contributed by atoms with Gasteiger partial charge in [0.05, 0.1) is 0 Å². The van der Waals surface area contributed by atoms with Crippen LogP contribution in [-0.4, -0.2) is 36.9 Å². The van der Waals surface area contributed by atoms with Gasteiger partial charge in [-0.15, -0.1) is 12.4 Å². The molecule has 0 aliphatic heterocycles. The third kappa shape index (κ3) is 7.00. The second kappa shape index (κ2) is 11.8. The van der Waals surface area contributed by atoms with Crippen molar-refractivity contribution in [3.8, 4) is 5.75 Å². The lowest BCUT2D eigenvalue weighted by atomic mass is 9.92. The van der Waals surface area contributed by atoms with Crippen LogP contribution in [0.1, 0.15) is 54.6 Å². The minimum absolute atomic E-state index is 0. The van der Waals surface area contributed by atoms with Crippen molar-refractivity contribution in [2.75, 3.05) is 26.2 Å². The molecule has 0 aliphatic carbocycles. The smallest absolute Gasteiger partial charge is 0.163 e. The van der Waals surface area contributed by atoms with Gasteiger partial charge in [-0.1, -0.05) is 63.2 Å². The zero-order chi connectivity index (χ0) is 18.9. The Balaban J connectivity index is 0.00000364. The Labute approximate surface area is 170 Å². The Morgan fingerprint density at radius 3 is 2.33 bits per heavy atom. The molecule has 0 amide bonds. The van der Waals surface area contributed by atoms with Gasteiger partial charge in [-0.2, -0.15) is 0 Å². The number of rotatable bonds is 10. The molecule has 2 aromatic carbocycles. The minimum atomic E-state index is 0. The molecule has 148 valence electrons. The molecule has 3 nitrogen and oxygen atoms in total. The van der Waals surface area contributed by atoms with Crippen LogP contribution in [0.4, 0.5) is 0 Å². The van der Waals surface area contributed by atoms with Crippen molar-refractivity contribution in [2.24, 2.45) is 0 Å². The van der Waals surface area contributed by atoms with E-state index in [0.717, 1.165) is 36.5 Å². The topological polar surface area (TPSA) is 29.5 Å². The van der Waals surface area contributed by atoms with Gasteiger partial charge in [0.15, 0.2) is 5.78 Å². The number of hydrogen-bond acceptors (Lipinski definition) is 3. The number of ketones is 1. The van der Waals surface area contributed by atoms with E-state index in [-0.39, 0.29) is 24.1 Å². The van der Waals surface area contributed by atoms with E-state index in [4.69, 9.17) is 4.74 Å². The summed E-state index contributed by atoms with van der Waals surface area (Å²) < 4.78 is 5.95. The standard InChI is InChI=1S/C23H31NO2.ClH/c1-5-24(6-2)14-15-26-23-13-12-21(16-19(23)4)18(3)17-22(25)20-10-8-7-9-11-20;/h7-13,16,18H,5-6,14-15,17H2,1-4H3;1H. The van der Waals surface area contributed by atoms with Gasteiger partial charge in [-0.3, -0.25) is 4.79 Å². The molecular formula is C23H32ClNO2. The predicted octanol–water partition coefficient (Wildman–Crippen LogP) is 5.51. The highest BCUT2D eigenvalue weighted by atomic mass is 35.5. The second-order valence-corrected chi connectivity index (χ2v) is 6.79. The van der Waals surface area contributed by atoms with Crippen molar-refractivity contribution in [1.29, 1.82) is 0 Å². The largest absolute Gasteiger partial charge is 0.492 e. The number of likely N-dealkylation sites (N-methyl/N-ethyl adjacent to an activating group) is 1. The summed E-state index contributed by atoms with van der Waals surface area (Å²) >= 11 is 0. The highest BCUT2D eigenvalue weighted by molar-refractivity contribution is 5.96. The SMILES string of the molecule is CCN(CC)CCOc1ccc(C(C)CC(=O)c2ccccc2)cc1C.Cl. The van der Waals surface area contributed by atoms with Gasteiger partial charge in [-0.05, 0) is 43.1 Å². The Kier molecular flexibility index (Phi) is 10.1. The fraction of sp³-hybridized carbons (Fsp3) is 0.435. The van der Waals surface area contributed by atoms with E-state index in [1.807, 2.05) is 36.4 Å². The Morgan fingerprint density at radius 1 is 1.07 bits per heavy atom. The van der Waals surface area contributed by atoms with E-state index >= 15 is 0 Å². The summed E-state index contributed by atoms with van der Waals surface area (Å²) in [7, 11) is 0. The van der Waals surface area contributed by atoms with Gasteiger partial charge in [0.2, 0.25) is 0 Å². The van der Waals surface area contributed by atoms with E-state index in [2.05, 4.69) is 44.7 Å². The van der Waals surface area contributed by atoms with Crippen LogP contribution in [0.5, 0.6) is 5.75 Å². The highest BCUT2D eigenvalue weighted by Crippen LogP contribution is 2.26. The van der Waals surface area contributed by atoms with Crippen LogP contribution in [0.2, 0.25) is 0 Å². The summed E-state index contributed by atoms with van der Waals surface area (Å²) in [5.41, 5.74) is 3.09. The third-order valence-corrected chi connectivity index (χ3v) is 4.91. The van der Waals surface area contributed by atoms with Gasteiger partial charge >= 0.3 is 0 Å². The molecule has 0 bridgehead atoms. The maximum absolute atomic E-state index is 12.4. The first-order valence-electron chi connectivity index (χ1n) is 9.59. The normalized spacial score (nSPS) is 11.7. The zero-order valence-corrected chi connectivity index (χ0v) is 17.7.